The number of hydrogen-bond acceptors (Lipinski definition) is 6. The molecule has 0 aliphatic carbocycles. The van der Waals surface area contributed by atoms with Crippen LogP contribution in [0.1, 0.15) is 33.4 Å². The fourth-order valence-corrected chi connectivity index (χ4v) is 3.61. The van der Waals surface area contributed by atoms with Gasteiger partial charge in [0.05, 0.1) is 0 Å². The highest BCUT2D eigenvalue weighted by Crippen LogP contribution is 2.32. The molecule has 2 heterocycles. The normalized spacial score (nSPS) is 13.0. The third kappa shape index (κ3) is 4.18. The van der Waals surface area contributed by atoms with Crippen molar-refractivity contribution in [3.8, 4) is 22.9 Å². The predicted octanol–water partition coefficient (Wildman–Crippen LogP) is 4.49. The van der Waals surface area contributed by atoms with E-state index in [2.05, 4.69) is 15.5 Å². The van der Waals surface area contributed by atoms with Crippen molar-refractivity contribution in [3.05, 3.63) is 95.4 Å². The third-order valence-electron chi connectivity index (χ3n) is 5.24. The summed E-state index contributed by atoms with van der Waals surface area (Å²) < 4.78 is 16.3. The second-order valence-corrected chi connectivity index (χ2v) is 7.61. The number of benzene rings is 3. The molecule has 0 radical (unpaired) electrons. The van der Waals surface area contributed by atoms with Gasteiger partial charge >= 0.3 is 0 Å². The molecule has 1 aliphatic rings. The monoisotopic (exact) mass is 427 g/mol. The Morgan fingerprint density at radius 2 is 1.84 bits per heavy atom. The first kappa shape index (κ1) is 19.8. The number of carbonyl (C=O) groups excluding carboxylic acids is 1. The van der Waals surface area contributed by atoms with Crippen LogP contribution in [0.15, 0.2) is 77.3 Å². The third-order valence-corrected chi connectivity index (χ3v) is 5.24. The van der Waals surface area contributed by atoms with Gasteiger partial charge in [-0.25, -0.2) is 0 Å². The number of rotatable bonds is 6. The molecule has 1 atom stereocenters. The highest BCUT2D eigenvalue weighted by molar-refractivity contribution is 5.95. The predicted molar refractivity (Wildman–Crippen MR) is 117 cm³/mol. The van der Waals surface area contributed by atoms with E-state index >= 15 is 0 Å². The molecule has 7 heteroatoms. The Labute approximate surface area is 185 Å². The summed E-state index contributed by atoms with van der Waals surface area (Å²) in [5.41, 5.74) is 3.47. The number of carbonyl (C=O) groups is 1. The van der Waals surface area contributed by atoms with Crippen LogP contribution < -0.4 is 14.8 Å². The summed E-state index contributed by atoms with van der Waals surface area (Å²) in [6, 6.07) is 22.3. The van der Waals surface area contributed by atoms with Crippen LogP contribution in [0.5, 0.6) is 11.5 Å². The van der Waals surface area contributed by atoms with Gasteiger partial charge in [-0.3, -0.25) is 4.79 Å². The van der Waals surface area contributed by atoms with Crippen molar-refractivity contribution in [2.45, 2.75) is 19.4 Å². The van der Waals surface area contributed by atoms with Gasteiger partial charge in [0.1, 0.15) is 6.04 Å². The van der Waals surface area contributed by atoms with E-state index in [0.29, 0.717) is 35.2 Å². The zero-order valence-corrected chi connectivity index (χ0v) is 17.4. The Balaban J connectivity index is 1.42. The molecule has 1 aliphatic heterocycles. The van der Waals surface area contributed by atoms with Crippen LogP contribution in [0.4, 0.5) is 0 Å². The minimum atomic E-state index is -0.499. The first-order valence-corrected chi connectivity index (χ1v) is 10.3. The zero-order valence-electron chi connectivity index (χ0n) is 17.4. The van der Waals surface area contributed by atoms with Gasteiger partial charge in [-0.15, -0.1) is 0 Å². The lowest BCUT2D eigenvalue weighted by atomic mass is 10.0. The maximum atomic E-state index is 13.0. The fraction of sp³-hybridized carbons (Fsp3) is 0.160. The van der Waals surface area contributed by atoms with E-state index in [4.69, 9.17) is 14.0 Å². The van der Waals surface area contributed by atoms with Gasteiger partial charge in [-0.2, -0.15) is 4.98 Å². The summed E-state index contributed by atoms with van der Waals surface area (Å²) in [6.45, 7) is 2.16. The highest BCUT2D eigenvalue weighted by atomic mass is 16.7. The quantitative estimate of drug-likeness (QED) is 0.488. The molecule has 7 nitrogen and oxygen atoms in total. The maximum absolute atomic E-state index is 13.0. The topological polar surface area (TPSA) is 86.5 Å². The van der Waals surface area contributed by atoms with Gasteiger partial charge in [0.25, 0.3) is 5.91 Å². The Morgan fingerprint density at radius 1 is 1.00 bits per heavy atom. The van der Waals surface area contributed by atoms with Crippen LogP contribution in [-0.4, -0.2) is 22.8 Å². The van der Waals surface area contributed by atoms with Crippen molar-refractivity contribution in [2.75, 3.05) is 6.79 Å². The summed E-state index contributed by atoms with van der Waals surface area (Å²) in [4.78, 5) is 17.6. The van der Waals surface area contributed by atoms with Crippen molar-refractivity contribution >= 4 is 5.91 Å². The molecule has 4 aromatic rings. The lowest BCUT2D eigenvalue weighted by Crippen LogP contribution is -2.30. The first-order valence-electron chi connectivity index (χ1n) is 10.3. The first-order chi connectivity index (χ1) is 15.7. The van der Waals surface area contributed by atoms with E-state index in [1.165, 1.54) is 0 Å². The number of aryl methyl sites for hydroxylation is 1. The molecule has 1 unspecified atom stereocenters. The SMILES string of the molecule is Cc1cccc(-c2noc(C(Cc3ccccc3)NC(=O)c3ccc4c(c3)OCO4)n2)c1. The standard InChI is InChI=1S/C25H21N3O4/c1-16-6-5-9-18(12-16)23-27-25(32-28-23)20(13-17-7-3-2-4-8-17)26-24(29)19-10-11-21-22(14-19)31-15-30-21/h2-12,14,20H,13,15H2,1H3,(H,26,29). The number of ether oxygens (including phenoxy) is 2. The van der Waals surface area contributed by atoms with Crippen LogP contribution in [0, 0.1) is 6.92 Å². The van der Waals surface area contributed by atoms with E-state index < -0.39 is 6.04 Å². The second kappa shape index (κ2) is 8.55. The van der Waals surface area contributed by atoms with Gasteiger partial charge < -0.3 is 19.3 Å². The van der Waals surface area contributed by atoms with Crippen LogP contribution in [0.3, 0.4) is 0 Å². The van der Waals surface area contributed by atoms with E-state index in [1.807, 2.05) is 61.5 Å². The average molecular weight is 427 g/mol. The van der Waals surface area contributed by atoms with Gasteiger partial charge in [0.15, 0.2) is 11.5 Å². The van der Waals surface area contributed by atoms with Crippen molar-refractivity contribution < 1.29 is 18.8 Å². The molecule has 0 fully saturated rings. The van der Waals surface area contributed by atoms with E-state index in [-0.39, 0.29) is 12.7 Å². The van der Waals surface area contributed by atoms with Gasteiger partial charge in [0.2, 0.25) is 18.5 Å². The molecule has 32 heavy (non-hydrogen) atoms. The number of amides is 1. The van der Waals surface area contributed by atoms with Crippen LogP contribution in [0.25, 0.3) is 11.4 Å². The largest absolute Gasteiger partial charge is 0.454 e. The average Bonchev–Trinajstić information content (AvgIpc) is 3.49. The molecule has 0 bridgehead atoms. The lowest BCUT2D eigenvalue weighted by molar-refractivity contribution is 0.0927. The summed E-state index contributed by atoms with van der Waals surface area (Å²) in [5.74, 6) is 1.75. The highest BCUT2D eigenvalue weighted by Gasteiger charge is 2.24. The minimum absolute atomic E-state index is 0.154. The molecule has 1 amide bonds. The minimum Gasteiger partial charge on any atom is -0.454 e. The Kier molecular flexibility index (Phi) is 5.29. The number of nitrogens with zero attached hydrogens (tertiary/aromatic N) is 2. The number of aromatic nitrogens is 2. The second-order valence-electron chi connectivity index (χ2n) is 7.61. The molecule has 1 N–H and O–H groups in total. The Bertz CT molecular complexity index is 1250. The smallest absolute Gasteiger partial charge is 0.252 e. The summed E-state index contributed by atoms with van der Waals surface area (Å²) in [5, 5.41) is 7.18. The molecule has 160 valence electrons. The number of nitrogens with one attached hydrogen (secondary N) is 1. The number of hydrogen-bond donors (Lipinski definition) is 1. The molecule has 0 spiro atoms. The number of fused-ring (bicyclic) bond motifs is 1. The maximum Gasteiger partial charge on any atom is 0.252 e. The molecule has 0 saturated carbocycles. The summed E-state index contributed by atoms with van der Waals surface area (Å²) in [7, 11) is 0. The van der Waals surface area contributed by atoms with Gasteiger partial charge in [-0.05, 0) is 36.8 Å². The van der Waals surface area contributed by atoms with E-state index in [0.717, 1.165) is 16.7 Å². The van der Waals surface area contributed by atoms with Crippen LogP contribution in [0.2, 0.25) is 0 Å². The molecule has 1 aromatic heterocycles. The summed E-state index contributed by atoms with van der Waals surface area (Å²) >= 11 is 0. The molecule has 5 rings (SSSR count). The molecule has 3 aromatic carbocycles. The summed E-state index contributed by atoms with van der Waals surface area (Å²) in [6.07, 6.45) is 0.507. The van der Waals surface area contributed by atoms with Crippen molar-refractivity contribution in [1.82, 2.24) is 15.5 Å². The van der Waals surface area contributed by atoms with Crippen molar-refractivity contribution in [2.24, 2.45) is 0 Å². The van der Waals surface area contributed by atoms with Crippen molar-refractivity contribution in [3.63, 3.8) is 0 Å². The molecule has 0 saturated heterocycles. The van der Waals surface area contributed by atoms with Gasteiger partial charge in [0, 0.05) is 17.5 Å². The lowest BCUT2D eigenvalue weighted by Gasteiger charge is -2.15. The molecular weight excluding hydrogens is 406 g/mol. The van der Waals surface area contributed by atoms with Gasteiger partial charge in [-0.1, -0.05) is 59.3 Å². The Morgan fingerprint density at radius 3 is 2.69 bits per heavy atom. The zero-order chi connectivity index (χ0) is 21.9. The fourth-order valence-electron chi connectivity index (χ4n) is 3.61. The van der Waals surface area contributed by atoms with Crippen molar-refractivity contribution in [1.29, 1.82) is 0 Å². The van der Waals surface area contributed by atoms with Crippen LogP contribution in [-0.2, 0) is 6.42 Å². The Hall–Kier alpha value is -4.13. The van der Waals surface area contributed by atoms with E-state index in [9.17, 15) is 4.79 Å². The van der Waals surface area contributed by atoms with E-state index in [1.54, 1.807) is 18.2 Å². The molecular formula is C25H21N3O4. The van der Waals surface area contributed by atoms with Crippen LogP contribution >= 0.6 is 0 Å².